The molecule has 68 valence electrons. The highest BCUT2D eigenvalue weighted by Crippen LogP contribution is 2.08. The van der Waals surface area contributed by atoms with Gasteiger partial charge in [-0.3, -0.25) is 0 Å². The average molecular weight is 170 g/mol. The molecular weight excluding hydrogens is 155 g/mol. The molecule has 0 radical (unpaired) electrons. The maximum absolute atomic E-state index is 12.7. The van der Waals surface area contributed by atoms with Crippen LogP contribution in [0.3, 0.4) is 0 Å². The van der Waals surface area contributed by atoms with E-state index in [1.54, 1.807) is 6.08 Å². The van der Waals surface area contributed by atoms with Crippen LogP contribution in [0.4, 0.5) is 4.39 Å². The standard InChI is InChI=1S/C10H15FO/c1-4-9(5-2)6-7-10(11)8(3)12/h4,6-7,12H,5H2,1-3H3/b7-6-,9-4-,10-8-. The van der Waals surface area contributed by atoms with Gasteiger partial charge in [-0.1, -0.05) is 24.6 Å². The fourth-order valence-corrected chi connectivity index (χ4v) is 0.719. The van der Waals surface area contributed by atoms with Gasteiger partial charge in [0.15, 0.2) is 5.83 Å². The van der Waals surface area contributed by atoms with Gasteiger partial charge >= 0.3 is 0 Å². The summed E-state index contributed by atoms with van der Waals surface area (Å²) in [5.74, 6) is -0.861. The fourth-order valence-electron chi connectivity index (χ4n) is 0.719. The molecule has 0 aliphatic carbocycles. The molecule has 0 atom stereocenters. The van der Waals surface area contributed by atoms with Crippen LogP contribution in [0.1, 0.15) is 27.2 Å². The highest BCUT2D eigenvalue weighted by atomic mass is 19.1. The highest BCUT2D eigenvalue weighted by Gasteiger charge is 1.93. The van der Waals surface area contributed by atoms with Crippen molar-refractivity contribution in [2.45, 2.75) is 27.2 Å². The SMILES string of the molecule is C\C=C(/C=C\C(F)=C(/C)O)CC. The van der Waals surface area contributed by atoms with Crippen molar-refractivity contribution >= 4 is 0 Å². The van der Waals surface area contributed by atoms with E-state index in [0.717, 1.165) is 12.0 Å². The quantitative estimate of drug-likeness (QED) is 0.506. The Kier molecular flexibility index (Phi) is 5.09. The predicted molar refractivity (Wildman–Crippen MR) is 49.6 cm³/mol. The molecule has 0 bridgehead atoms. The molecule has 0 aliphatic rings. The van der Waals surface area contributed by atoms with Crippen LogP contribution in [0, 0.1) is 0 Å². The van der Waals surface area contributed by atoms with E-state index >= 15 is 0 Å². The van der Waals surface area contributed by atoms with Crippen LogP contribution >= 0.6 is 0 Å². The molecule has 0 saturated heterocycles. The van der Waals surface area contributed by atoms with Crippen LogP contribution in [0.2, 0.25) is 0 Å². The van der Waals surface area contributed by atoms with Gasteiger partial charge in [-0.05, 0) is 26.3 Å². The Morgan fingerprint density at radius 2 is 2.00 bits per heavy atom. The lowest BCUT2D eigenvalue weighted by Gasteiger charge is -1.94. The number of hydrogen-bond donors (Lipinski definition) is 1. The Morgan fingerprint density at radius 3 is 2.33 bits per heavy atom. The van der Waals surface area contributed by atoms with Crippen LogP contribution in [0.15, 0.2) is 35.4 Å². The van der Waals surface area contributed by atoms with Crippen molar-refractivity contribution in [1.82, 2.24) is 0 Å². The van der Waals surface area contributed by atoms with Gasteiger partial charge < -0.3 is 5.11 Å². The molecule has 1 nitrogen and oxygen atoms in total. The van der Waals surface area contributed by atoms with E-state index in [1.807, 2.05) is 19.9 Å². The Hall–Kier alpha value is -1.05. The minimum Gasteiger partial charge on any atom is -0.510 e. The zero-order valence-electron chi connectivity index (χ0n) is 7.76. The molecule has 0 unspecified atom stereocenters. The van der Waals surface area contributed by atoms with Crippen LogP contribution in [0.25, 0.3) is 0 Å². The van der Waals surface area contributed by atoms with Crippen molar-refractivity contribution in [2.24, 2.45) is 0 Å². The maximum Gasteiger partial charge on any atom is 0.160 e. The first-order chi connectivity index (χ1) is 5.61. The first-order valence-electron chi connectivity index (χ1n) is 4.00. The fraction of sp³-hybridized carbons (Fsp3) is 0.400. The summed E-state index contributed by atoms with van der Waals surface area (Å²) in [5, 5.41) is 8.71. The van der Waals surface area contributed by atoms with Gasteiger partial charge in [-0.2, -0.15) is 0 Å². The molecule has 0 heterocycles. The lowest BCUT2D eigenvalue weighted by atomic mass is 10.2. The molecule has 0 aromatic rings. The molecule has 0 saturated carbocycles. The van der Waals surface area contributed by atoms with Crippen molar-refractivity contribution < 1.29 is 9.50 Å². The second kappa shape index (κ2) is 5.58. The smallest absolute Gasteiger partial charge is 0.160 e. The van der Waals surface area contributed by atoms with Crippen molar-refractivity contribution in [3.63, 3.8) is 0 Å². The summed E-state index contributed by atoms with van der Waals surface area (Å²) in [6, 6.07) is 0. The van der Waals surface area contributed by atoms with Crippen molar-refractivity contribution in [3.05, 3.63) is 35.4 Å². The topological polar surface area (TPSA) is 20.2 Å². The summed E-state index contributed by atoms with van der Waals surface area (Å²) in [7, 11) is 0. The normalized spacial score (nSPS) is 15.2. The minimum atomic E-state index is -0.581. The Labute approximate surface area is 72.9 Å². The largest absolute Gasteiger partial charge is 0.510 e. The van der Waals surface area contributed by atoms with Crippen LogP contribution in [-0.4, -0.2) is 5.11 Å². The summed E-state index contributed by atoms with van der Waals surface area (Å²) in [4.78, 5) is 0. The summed E-state index contributed by atoms with van der Waals surface area (Å²) >= 11 is 0. The molecule has 12 heavy (non-hydrogen) atoms. The number of allylic oxidation sites excluding steroid dienone is 6. The Balaban J connectivity index is 4.35. The van der Waals surface area contributed by atoms with Gasteiger partial charge in [-0.25, -0.2) is 4.39 Å². The molecule has 0 fully saturated rings. The number of hydrogen-bond acceptors (Lipinski definition) is 1. The second-order valence-corrected chi connectivity index (χ2v) is 2.48. The van der Waals surface area contributed by atoms with Crippen LogP contribution in [-0.2, 0) is 0 Å². The molecule has 0 aliphatic heterocycles. The van der Waals surface area contributed by atoms with Gasteiger partial charge in [0.1, 0.15) is 5.76 Å². The van der Waals surface area contributed by atoms with Gasteiger partial charge in [0.2, 0.25) is 0 Å². The van der Waals surface area contributed by atoms with Gasteiger partial charge in [0.25, 0.3) is 0 Å². The number of aliphatic hydroxyl groups is 1. The summed E-state index contributed by atoms with van der Waals surface area (Å²) in [6.07, 6.45) is 5.71. The van der Waals surface area contributed by atoms with Crippen LogP contribution in [0.5, 0.6) is 0 Å². The summed E-state index contributed by atoms with van der Waals surface area (Å²) in [6.45, 7) is 5.21. The van der Waals surface area contributed by atoms with Gasteiger partial charge in [-0.15, -0.1) is 0 Å². The molecule has 1 N–H and O–H groups in total. The van der Waals surface area contributed by atoms with E-state index in [9.17, 15) is 4.39 Å². The molecule has 2 heteroatoms. The van der Waals surface area contributed by atoms with E-state index in [4.69, 9.17) is 5.11 Å². The lowest BCUT2D eigenvalue weighted by molar-refractivity contribution is 0.388. The summed E-state index contributed by atoms with van der Waals surface area (Å²) in [5.41, 5.74) is 1.05. The minimum absolute atomic E-state index is 0.280. The maximum atomic E-state index is 12.7. The Bertz CT molecular complexity index is 220. The second-order valence-electron chi connectivity index (χ2n) is 2.48. The van der Waals surface area contributed by atoms with Crippen LogP contribution < -0.4 is 0 Å². The zero-order valence-corrected chi connectivity index (χ0v) is 7.76. The molecular formula is C10H15FO. The van der Waals surface area contributed by atoms with Crippen molar-refractivity contribution in [2.75, 3.05) is 0 Å². The Morgan fingerprint density at radius 1 is 1.42 bits per heavy atom. The predicted octanol–water partition coefficient (Wildman–Crippen LogP) is 3.66. The molecule has 0 amide bonds. The molecule has 0 aromatic carbocycles. The highest BCUT2D eigenvalue weighted by molar-refractivity contribution is 5.24. The lowest BCUT2D eigenvalue weighted by Crippen LogP contribution is -1.77. The third-order valence-electron chi connectivity index (χ3n) is 1.57. The van der Waals surface area contributed by atoms with Gasteiger partial charge in [0.05, 0.1) is 0 Å². The molecule has 0 spiro atoms. The number of aliphatic hydroxyl groups excluding tert-OH is 1. The summed E-state index contributed by atoms with van der Waals surface area (Å²) < 4.78 is 12.7. The number of rotatable bonds is 3. The third-order valence-corrected chi connectivity index (χ3v) is 1.57. The van der Waals surface area contributed by atoms with E-state index in [-0.39, 0.29) is 5.76 Å². The van der Waals surface area contributed by atoms with Crippen molar-refractivity contribution in [3.8, 4) is 0 Å². The van der Waals surface area contributed by atoms with E-state index < -0.39 is 5.83 Å². The average Bonchev–Trinajstić information content (AvgIpc) is 2.05. The monoisotopic (exact) mass is 170 g/mol. The van der Waals surface area contributed by atoms with E-state index in [1.165, 1.54) is 13.0 Å². The zero-order chi connectivity index (χ0) is 9.56. The number of halogens is 1. The first-order valence-corrected chi connectivity index (χ1v) is 4.00. The van der Waals surface area contributed by atoms with E-state index in [0.29, 0.717) is 0 Å². The first kappa shape index (κ1) is 11.0. The third kappa shape index (κ3) is 3.96. The van der Waals surface area contributed by atoms with E-state index in [2.05, 4.69) is 0 Å². The molecule has 0 aromatic heterocycles. The molecule has 0 rings (SSSR count). The van der Waals surface area contributed by atoms with Gasteiger partial charge in [0, 0.05) is 0 Å². The van der Waals surface area contributed by atoms with Crippen molar-refractivity contribution in [1.29, 1.82) is 0 Å².